The van der Waals surface area contributed by atoms with Crippen molar-refractivity contribution in [1.29, 1.82) is 0 Å². The van der Waals surface area contributed by atoms with E-state index >= 15 is 0 Å². The number of carbonyl (C=O) groups is 3. The zero-order valence-electron chi connectivity index (χ0n) is 22.8. The standard InChI is InChI=1S/C29H35N3O7S/c1-6-8-18-30-26(33)24(20-22-14-16-23(17-15-22)39-40(36,37)7-2)31-27(34)25(19-21-12-10-9-11-13-21)32-28(35)38-29(3,4)5/h1,7,9-17,24-25H,2,8,18-20H2,3-5H3,(H,30,33)(H,31,34)(H,32,35)/t24-,25-/m0/s1. The molecule has 0 aliphatic heterocycles. The van der Waals surface area contributed by atoms with Crippen LogP contribution in [0.4, 0.5) is 4.79 Å². The Kier molecular flexibility index (Phi) is 11.8. The van der Waals surface area contributed by atoms with Gasteiger partial charge in [0.05, 0.1) is 5.41 Å². The summed E-state index contributed by atoms with van der Waals surface area (Å²) in [7, 11) is -3.93. The molecular weight excluding hydrogens is 534 g/mol. The Labute approximate surface area is 235 Å². The summed E-state index contributed by atoms with van der Waals surface area (Å²) in [5.41, 5.74) is 0.623. The average molecular weight is 570 g/mol. The van der Waals surface area contributed by atoms with Crippen LogP contribution in [0.15, 0.2) is 66.6 Å². The summed E-state index contributed by atoms with van der Waals surface area (Å²) in [6.07, 6.45) is 5.02. The fourth-order valence-electron chi connectivity index (χ4n) is 3.46. The zero-order valence-corrected chi connectivity index (χ0v) is 23.6. The molecule has 2 aromatic carbocycles. The van der Waals surface area contributed by atoms with Crippen LogP contribution in [0.1, 0.15) is 38.3 Å². The van der Waals surface area contributed by atoms with Crippen LogP contribution in [0, 0.1) is 12.3 Å². The Morgan fingerprint density at radius 3 is 2.08 bits per heavy atom. The van der Waals surface area contributed by atoms with Crippen molar-refractivity contribution in [3.63, 3.8) is 0 Å². The minimum Gasteiger partial charge on any atom is -0.444 e. The monoisotopic (exact) mass is 569 g/mol. The van der Waals surface area contributed by atoms with Crippen LogP contribution >= 0.6 is 0 Å². The van der Waals surface area contributed by atoms with Crippen molar-refractivity contribution in [2.45, 2.75) is 57.7 Å². The number of rotatable bonds is 13. The smallest absolute Gasteiger partial charge is 0.408 e. The maximum Gasteiger partial charge on any atom is 0.408 e. The summed E-state index contributed by atoms with van der Waals surface area (Å²) in [4.78, 5) is 39.0. The Hall–Kier alpha value is -4.30. The van der Waals surface area contributed by atoms with E-state index in [1.807, 2.05) is 30.3 Å². The molecule has 2 aromatic rings. The summed E-state index contributed by atoms with van der Waals surface area (Å²) in [6, 6.07) is 13.0. The molecule has 0 aliphatic rings. The van der Waals surface area contributed by atoms with Crippen LogP contribution in [0.25, 0.3) is 0 Å². The summed E-state index contributed by atoms with van der Waals surface area (Å²) in [5.74, 6) is 1.42. The average Bonchev–Trinajstić information content (AvgIpc) is 2.88. The third-order valence-corrected chi connectivity index (χ3v) is 6.10. The van der Waals surface area contributed by atoms with Crippen molar-refractivity contribution in [3.8, 4) is 18.1 Å². The van der Waals surface area contributed by atoms with E-state index in [1.165, 1.54) is 12.1 Å². The molecule has 0 spiro atoms. The van der Waals surface area contributed by atoms with E-state index in [0.717, 1.165) is 5.56 Å². The van der Waals surface area contributed by atoms with E-state index in [0.29, 0.717) is 17.4 Å². The van der Waals surface area contributed by atoms with Gasteiger partial charge in [-0.15, -0.1) is 12.3 Å². The first kappa shape index (κ1) is 31.9. The second-order valence-electron chi connectivity index (χ2n) is 9.79. The molecular formula is C29H35N3O7S. The molecule has 3 N–H and O–H groups in total. The van der Waals surface area contributed by atoms with E-state index in [4.69, 9.17) is 15.3 Å². The Morgan fingerprint density at radius 1 is 0.950 bits per heavy atom. The third-order valence-electron chi connectivity index (χ3n) is 5.27. The van der Waals surface area contributed by atoms with Gasteiger partial charge in [0, 0.05) is 25.8 Å². The molecule has 0 unspecified atom stereocenters. The molecule has 40 heavy (non-hydrogen) atoms. The molecule has 0 heterocycles. The molecule has 214 valence electrons. The van der Waals surface area contributed by atoms with Gasteiger partial charge in [0.15, 0.2) is 0 Å². The van der Waals surface area contributed by atoms with Crippen molar-refractivity contribution in [3.05, 3.63) is 77.7 Å². The third kappa shape index (κ3) is 11.6. The lowest BCUT2D eigenvalue weighted by atomic mass is 10.0. The van der Waals surface area contributed by atoms with Gasteiger partial charge in [0.1, 0.15) is 23.4 Å². The first-order chi connectivity index (χ1) is 18.8. The van der Waals surface area contributed by atoms with Gasteiger partial charge in [0.25, 0.3) is 0 Å². The van der Waals surface area contributed by atoms with Crippen molar-refractivity contribution in [1.82, 2.24) is 16.0 Å². The molecule has 0 saturated carbocycles. The van der Waals surface area contributed by atoms with Crippen LogP contribution in [-0.2, 0) is 37.3 Å². The quantitative estimate of drug-likeness (QED) is 0.191. The fraction of sp³-hybridized carbons (Fsp3) is 0.345. The number of ether oxygens (including phenoxy) is 1. The molecule has 0 saturated heterocycles. The van der Waals surface area contributed by atoms with Gasteiger partial charge < -0.3 is 24.9 Å². The minimum absolute atomic E-state index is 0.0621. The van der Waals surface area contributed by atoms with Crippen LogP contribution < -0.4 is 20.1 Å². The lowest BCUT2D eigenvalue weighted by molar-refractivity contribution is -0.130. The van der Waals surface area contributed by atoms with Crippen LogP contribution in [0.3, 0.4) is 0 Å². The van der Waals surface area contributed by atoms with Gasteiger partial charge >= 0.3 is 16.2 Å². The van der Waals surface area contributed by atoms with E-state index in [2.05, 4.69) is 28.4 Å². The number of nitrogens with one attached hydrogen (secondary N) is 3. The molecule has 2 atom stereocenters. The highest BCUT2D eigenvalue weighted by molar-refractivity contribution is 7.90. The first-order valence-electron chi connectivity index (χ1n) is 12.5. The molecule has 0 fully saturated rings. The summed E-state index contributed by atoms with van der Waals surface area (Å²) >= 11 is 0. The molecule has 2 rings (SSSR count). The molecule has 3 amide bonds. The molecule has 11 heteroatoms. The highest BCUT2D eigenvalue weighted by atomic mass is 32.2. The normalized spacial score (nSPS) is 12.7. The highest BCUT2D eigenvalue weighted by Crippen LogP contribution is 2.16. The van der Waals surface area contributed by atoms with Crippen molar-refractivity contribution in [2.75, 3.05) is 6.54 Å². The number of amides is 3. The van der Waals surface area contributed by atoms with Crippen molar-refractivity contribution >= 4 is 28.0 Å². The topological polar surface area (TPSA) is 140 Å². The number of hydrogen-bond donors (Lipinski definition) is 3. The summed E-state index contributed by atoms with van der Waals surface area (Å²) in [6.45, 7) is 8.52. The summed E-state index contributed by atoms with van der Waals surface area (Å²) < 4.78 is 33.5. The van der Waals surface area contributed by atoms with Crippen molar-refractivity contribution < 1.29 is 31.7 Å². The Morgan fingerprint density at radius 2 is 1.52 bits per heavy atom. The van der Waals surface area contributed by atoms with E-state index < -0.39 is 45.7 Å². The largest absolute Gasteiger partial charge is 0.444 e. The lowest BCUT2D eigenvalue weighted by Crippen LogP contribution is -2.55. The van der Waals surface area contributed by atoms with Gasteiger partial charge in [-0.25, -0.2) is 4.79 Å². The van der Waals surface area contributed by atoms with Gasteiger partial charge in [-0.05, 0) is 44.0 Å². The molecule has 10 nitrogen and oxygen atoms in total. The van der Waals surface area contributed by atoms with Crippen molar-refractivity contribution in [2.24, 2.45) is 0 Å². The minimum atomic E-state index is -3.93. The first-order valence-corrected chi connectivity index (χ1v) is 14.0. The van der Waals surface area contributed by atoms with E-state index in [9.17, 15) is 22.8 Å². The highest BCUT2D eigenvalue weighted by Gasteiger charge is 2.29. The second kappa shape index (κ2) is 14.7. The maximum absolute atomic E-state index is 13.4. The Balaban J connectivity index is 2.26. The number of benzene rings is 2. The lowest BCUT2D eigenvalue weighted by Gasteiger charge is -2.25. The number of alkyl carbamates (subject to hydrolysis) is 1. The maximum atomic E-state index is 13.4. The number of carbonyl (C=O) groups excluding carboxylic acids is 3. The predicted molar refractivity (Wildman–Crippen MR) is 152 cm³/mol. The molecule has 0 aliphatic carbocycles. The van der Waals surface area contributed by atoms with Gasteiger partial charge in [-0.3, -0.25) is 9.59 Å². The zero-order chi connectivity index (χ0) is 29.8. The van der Waals surface area contributed by atoms with Crippen LogP contribution in [-0.4, -0.2) is 50.6 Å². The second-order valence-corrected chi connectivity index (χ2v) is 11.3. The van der Waals surface area contributed by atoms with Gasteiger partial charge in [-0.1, -0.05) is 49.0 Å². The fourth-order valence-corrected chi connectivity index (χ4v) is 3.90. The molecule has 0 aromatic heterocycles. The predicted octanol–water partition coefficient (Wildman–Crippen LogP) is 2.84. The van der Waals surface area contributed by atoms with Gasteiger partial charge in [0.2, 0.25) is 11.8 Å². The number of hydrogen-bond acceptors (Lipinski definition) is 7. The molecule has 0 bridgehead atoms. The Bertz CT molecular complexity index is 1310. The van der Waals surface area contributed by atoms with Crippen LogP contribution in [0.5, 0.6) is 5.75 Å². The number of terminal acetylenes is 1. The SMILES string of the molecule is C#CCCNC(=O)[C@H](Cc1ccc(OS(=O)(=O)C=C)cc1)NC(=O)[C@H](Cc1ccccc1)NC(=O)OC(C)(C)C. The summed E-state index contributed by atoms with van der Waals surface area (Å²) in [5, 5.41) is 8.71. The van der Waals surface area contributed by atoms with Crippen LogP contribution in [0.2, 0.25) is 0 Å². The van der Waals surface area contributed by atoms with E-state index in [1.54, 1.807) is 32.9 Å². The van der Waals surface area contributed by atoms with Gasteiger partial charge in [-0.2, -0.15) is 8.42 Å². The molecule has 0 radical (unpaired) electrons. The van der Waals surface area contributed by atoms with E-state index in [-0.39, 0.29) is 25.1 Å².